The number of rotatable bonds is 4. The summed E-state index contributed by atoms with van der Waals surface area (Å²) < 4.78 is 17.8. The highest BCUT2D eigenvalue weighted by Crippen LogP contribution is 2.17. The first-order valence-electron chi connectivity index (χ1n) is 6.93. The maximum Gasteiger partial charge on any atom is 0.336 e. The zero-order chi connectivity index (χ0) is 16.2. The number of halogens is 1. The van der Waals surface area contributed by atoms with Gasteiger partial charge in [-0.05, 0) is 48.5 Å². The largest absolute Gasteiger partial charge is 0.423 e. The van der Waals surface area contributed by atoms with E-state index in [1.807, 2.05) is 0 Å². The van der Waals surface area contributed by atoms with Crippen LogP contribution in [0.2, 0.25) is 0 Å². The Hall–Kier alpha value is -3.15. The fourth-order valence-corrected chi connectivity index (χ4v) is 2.10. The van der Waals surface area contributed by atoms with Crippen LogP contribution in [0.25, 0.3) is 11.0 Å². The van der Waals surface area contributed by atoms with Gasteiger partial charge in [0.25, 0.3) is 0 Å². The number of anilines is 2. The number of nitrogens with one attached hydrogen (secondary N) is 2. The number of benzene rings is 2. The predicted octanol–water partition coefficient (Wildman–Crippen LogP) is 2.98. The molecule has 116 valence electrons. The van der Waals surface area contributed by atoms with Gasteiger partial charge in [0.2, 0.25) is 5.91 Å². The summed E-state index contributed by atoms with van der Waals surface area (Å²) in [5.41, 5.74) is 1.29. The highest BCUT2D eigenvalue weighted by molar-refractivity contribution is 5.95. The van der Waals surface area contributed by atoms with Gasteiger partial charge in [-0.25, -0.2) is 9.18 Å². The lowest BCUT2D eigenvalue weighted by atomic mass is 10.2. The lowest BCUT2D eigenvalue weighted by molar-refractivity contribution is -0.114. The van der Waals surface area contributed by atoms with Crippen molar-refractivity contribution < 1.29 is 13.6 Å². The van der Waals surface area contributed by atoms with Crippen molar-refractivity contribution in [3.63, 3.8) is 0 Å². The summed E-state index contributed by atoms with van der Waals surface area (Å²) in [6, 6.07) is 13.7. The molecule has 1 amide bonds. The second-order valence-corrected chi connectivity index (χ2v) is 4.92. The van der Waals surface area contributed by atoms with Crippen LogP contribution in [0.4, 0.5) is 15.8 Å². The molecule has 2 aromatic carbocycles. The Kier molecular flexibility index (Phi) is 4.05. The van der Waals surface area contributed by atoms with Crippen molar-refractivity contribution in [1.82, 2.24) is 0 Å². The quantitative estimate of drug-likeness (QED) is 0.727. The summed E-state index contributed by atoms with van der Waals surface area (Å²) in [4.78, 5) is 23.0. The van der Waals surface area contributed by atoms with Gasteiger partial charge < -0.3 is 15.1 Å². The van der Waals surface area contributed by atoms with Crippen LogP contribution in [0, 0.1) is 5.82 Å². The lowest BCUT2D eigenvalue weighted by Crippen LogP contribution is -2.21. The highest BCUT2D eigenvalue weighted by Gasteiger charge is 2.04. The third-order valence-corrected chi connectivity index (χ3v) is 3.20. The van der Waals surface area contributed by atoms with E-state index in [1.165, 1.54) is 18.2 Å². The summed E-state index contributed by atoms with van der Waals surface area (Å²) in [6.07, 6.45) is 0. The molecule has 0 aliphatic rings. The van der Waals surface area contributed by atoms with Crippen molar-refractivity contribution in [3.8, 4) is 0 Å². The van der Waals surface area contributed by atoms with Gasteiger partial charge in [-0.2, -0.15) is 0 Å². The maximum absolute atomic E-state index is 12.8. The molecule has 3 rings (SSSR count). The van der Waals surface area contributed by atoms with E-state index in [1.54, 1.807) is 36.4 Å². The Bertz CT molecular complexity index is 904. The van der Waals surface area contributed by atoms with Crippen LogP contribution in [-0.4, -0.2) is 12.5 Å². The molecule has 23 heavy (non-hydrogen) atoms. The fraction of sp³-hybridized carbons (Fsp3) is 0.0588. The molecule has 0 saturated carbocycles. The van der Waals surface area contributed by atoms with Crippen LogP contribution >= 0.6 is 0 Å². The summed E-state index contributed by atoms with van der Waals surface area (Å²) in [5.74, 6) is -0.575. The second kappa shape index (κ2) is 6.31. The second-order valence-electron chi connectivity index (χ2n) is 4.92. The third-order valence-electron chi connectivity index (χ3n) is 3.20. The van der Waals surface area contributed by atoms with E-state index in [0.717, 1.165) is 0 Å². The van der Waals surface area contributed by atoms with Gasteiger partial charge in [0, 0.05) is 22.8 Å². The van der Waals surface area contributed by atoms with E-state index >= 15 is 0 Å². The molecule has 3 aromatic rings. The maximum atomic E-state index is 12.8. The molecule has 0 aliphatic heterocycles. The number of hydrogen-bond donors (Lipinski definition) is 2. The Morgan fingerprint density at radius 2 is 1.74 bits per heavy atom. The van der Waals surface area contributed by atoms with Crippen molar-refractivity contribution in [2.45, 2.75) is 0 Å². The number of hydrogen-bond acceptors (Lipinski definition) is 4. The molecular weight excluding hydrogens is 299 g/mol. The molecule has 0 bridgehead atoms. The topological polar surface area (TPSA) is 71.3 Å². The van der Waals surface area contributed by atoms with E-state index in [4.69, 9.17) is 4.42 Å². The molecule has 0 aliphatic carbocycles. The van der Waals surface area contributed by atoms with Crippen LogP contribution < -0.4 is 16.3 Å². The van der Waals surface area contributed by atoms with Crippen molar-refractivity contribution in [2.24, 2.45) is 0 Å². The number of carbonyl (C=O) groups excluding carboxylic acids is 1. The van der Waals surface area contributed by atoms with Gasteiger partial charge in [0.05, 0.1) is 6.54 Å². The SMILES string of the molecule is O=C(CNc1ccc(F)cc1)Nc1ccc2oc(=O)ccc2c1. The van der Waals surface area contributed by atoms with E-state index in [-0.39, 0.29) is 18.3 Å². The Morgan fingerprint density at radius 3 is 2.52 bits per heavy atom. The smallest absolute Gasteiger partial charge is 0.336 e. The van der Waals surface area contributed by atoms with E-state index in [2.05, 4.69) is 10.6 Å². The number of carbonyl (C=O) groups is 1. The molecular formula is C17H13FN2O3. The summed E-state index contributed by atoms with van der Waals surface area (Å²) in [7, 11) is 0. The van der Waals surface area contributed by atoms with Crippen LogP contribution in [0.15, 0.2) is 63.8 Å². The summed E-state index contributed by atoms with van der Waals surface area (Å²) in [6.45, 7) is 0.0491. The van der Waals surface area contributed by atoms with Crippen molar-refractivity contribution in [3.05, 3.63) is 70.8 Å². The highest BCUT2D eigenvalue weighted by atomic mass is 19.1. The van der Waals surface area contributed by atoms with E-state index in [0.29, 0.717) is 22.3 Å². The van der Waals surface area contributed by atoms with Gasteiger partial charge in [0.15, 0.2) is 0 Å². The molecule has 2 N–H and O–H groups in total. The average molecular weight is 312 g/mol. The normalized spacial score (nSPS) is 10.5. The van der Waals surface area contributed by atoms with Gasteiger partial charge in [-0.15, -0.1) is 0 Å². The standard InChI is InChI=1S/C17H13FN2O3/c18-12-2-4-13(5-3-12)19-10-16(21)20-14-6-7-15-11(9-14)1-8-17(22)23-15/h1-9,19H,10H2,(H,20,21). The van der Waals surface area contributed by atoms with Crippen molar-refractivity contribution >= 4 is 28.3 Å². The van der Waals surface area contributed by atoms with Gasteiger partial charge >= 0.3 is 5.63 Å². The van der Waals surface area contributed by atoms with E-state index < -0.39 is 5.63 Å². The predicted molar refractivity (Wildman–Crippen MR) is 86.0 cm³/mol. The van der Waals surface area contributed by atoms with Crippen molar-refractivity contribution in [2.75, 3.05) is 17.2 Å². The third kappa shape index (κ3) is 3.74. The first-order chi connectivity index (χ1) is 11.1. The summed E-state index contributed by atoms with van der Waals surface area (Å²) in [5, 5.41) is 6.35. The molecule has 0 radical (unpaired) electrons. The van der Waals surface area contributed by atoms with Crippen LogP contribution in [0.3, 0.4) is 0 Å². The minimum atomic E-state index is -0.419. The first-order valence-corrected chi connectivity index (χ1v) is 6.93. The Labute approximate surface area is 130 Å². The Balaban J connectivity index is 1.64. The number of amides is 1. The molecule has 0 atom stereocenters. The molecule has 0 spiro atoms. The minimum Gasteiger partial charge on any atom is -0.423 e. The Morgan fingerprint density at radius 1 is 1.00 bits per heavy atom. The monoisotopic (exact) mass is 312 g/mol. The molecule has 0 fully saturated rings. The molecule has 1 aromatic heterocycles. The van der Waals surface area contributed by atoms with E-state index in [9.17, 15) is 14.0 Å². The van der Waals surface area contributed by atoms with Gasteiger partial charge in [0.1, 0.15) is 11.4 Å². The van der Waals surface area contributed by atoms with Gasteiger partial charge in [-0.1, -0.05) is 0 Å². The van der Waals surface area contributed by atoms with Gasteiger partial charge in [-0.3, -0.25) is 4.79 Å². The van der Waals surface area contributed by atoms with Crippen LogP contribution in [0.1, 0.15) is 0 Å². The minimum absolute atomic E-state index is 0.0491. The van der Waals surface area contributed by atoms with Crippen molar-refractivity contribution in [1.29, 1.82) is 0 Å². The molecule has 0 unspecified atom stereocenters. The fourth-order valence-electron chi connectivity index (χ4n) is 2.10. The molecule has 0 saturated heterocycles. The molecule has 5 nitrogen and oxygen atoms in total. The first kappa shape index (κ1) is 14.8. The average Bonchev–Trinajstić information content (AvgIpc) is 2.54. The molecule has 6 heteroatoms. The zero-order valence-electron chi connectivity index (χ0n) is 12.0. The van der Waals surface area contributed by atoms with Crippen LogP contribution in [0.5, 0.6) is 0 Å². The van der Waals surface area contributed by atoms with Crippen LogP contribution in [-0.2, 0) is 4.79 Å². The molecule has 1 heterocycles. The number of fused-ring (bicyclic) bond motifs is 1. The summed E-state index contributed by atoms with van der Waals surface area (Å²) >= 11 is 0. The zero-order valence-corrected chi connectivity index (χ0v) is 12.0. The lowest BCUT2D eigenvalue weighted by Gasteiger charge is -2.08.